The molecule has 0 radical (unpaired) electrons. The number of carbonyl (C=O) groups is 2. The zero-order chi connectivity index (χ0) is 49.2. The maximum Gasteiger partial charge on any atom is 0.472 e. The number of phosphoric ester groups is 1. The molecule has 6 unspecified atom stereocenters. The van der Waals surface area contributed by atoms with E-state index in [0.29, 0.717) is 25.7 Å². The minimum Gasteiger partial charge on any atom is -0.462 e. The Hall–Kier alpha value is -4.27. The fraction of sp³-hybridized carbons (Fsp3) is 0.509. The summed E-state index contributed by atoms with van der Waals surface area (Å²) in [4.78, 5) is 35.7. The van der Waals surface area contributed by atoms with Crippen molar-refractivity contribution in [3.8, 4) is 0 Å². The summed E-state index contributed by atoms with van der Waals surface area (Å²) in [5.74, 6) is -1.31. The summed E-state index contributed by atoms with van der Waals surface area (Å²) >= 11 is 0. The second kappa shape index (κ2) is 40.8. The van der Waals surface area contributed by atoms with E-state index in [1.54, 1.807) is 0 Å². The van der Waals surface area contributed by atoms with Gasteiger partial charge in [0.15, 0.2) is 6.10 Å². The molecule has 0 saturated heterocycles. The molecule has 0 amide bonds. The summed E-state index contributed by atoms with van der Waals surface area (Å²) in [6, 6.07) is 0. The molecule has 1 aliphatic rings. The minimum absolute atomic E-state index is 0.0158. The van der Waals surface area contributed by atoms with Crippen LogP contribution in [-0.2, 0) is 32.7 Å². The topological polar surface area (TPSA) is 210 Å². The van der Waals surface area contributed by atoms with E-state index in [4.69, 9.17) is 18.5 Å². The monoisotopic (exact) mass is 955 g/mol. The predicted octanol–water partition coefficient (Wildman–Crippen LogP) is 9.72. The third kappa shape index (κ3) is 33.0. The van der Waals surface area contributed by atoms with Crippen molar-refractivity contribution in [2.45, 2.75) is 159 Å². The molecule has 0 spiro atoms. The lowest BCUT2D eigenvalue weighted by Gasteiger charge is -2.41. The van der Waals surface area contributed by atoms with E-state index in [0.717, 1.165) is 64.2 Å². The molecule has 0 aromatic carbocycles. The fourth-order valence-electron chi connectivity index (χ4n) is 5.98. The van der Waals surface area contributed by atoms with E-state index < -0.39 is 75.7 Å². The first kappa shape index (κ1) is 60.7. The Labute approximate surface area is 400 Å². The lowest BCUT2D eigenvalue weighted by molar-refractivity contribution is -0.220. The van der Waals surface area contributed by atoms with Gasteiger partial charge < -0.3 is 39.9 Å². The van der Waals surface area contributed by atoms with Gasteiger partial charge in [0.2, 0.25) is 0 Å². The van der Waals surface area contributed by atoms with Crippen molar-refractivity contribution in [1.29, 1.82) is 0 Å². The van der Waals surface area contributed by atoms with Crippen LogP contribution in [0.4, 0.5) is 0 Å². The maximum atomic E-state index is 12.8. The minimum atomic E-state index is -5.17. The molecular weight excluding hydrogens is 876 g/mol. The first-order valence-electron chi connectivity index (χ1n) is 23.6. The number of aliphatic hydroxyl groups is 5. The van der Waals surface area contributed by atoms with E-state index >= 15 is 0 Å². The number of hydrogen-bond donors (Lipinski definition) is 6. The van der Waals surface area contributed by atoms with Gasteiger partial charge >= 0.3 is 19.8 Å². The van der Waals surface area contributed by atoms with E-state index in [1.807, 2.05) is 42.5 Å². The Bertz CT molecular complexity index is 1720. The van der Waals surface area contributed by atoms with Crippen molar-refractivity contribution >= 4 is 19.8 Å². The number of allylic oxidation sites excluding steroid dienone is 24. The molecule has 14 heteroatoms. The van der Waals surface area contributed by atoms with Crippen molar-refractivity contribution < 1.29 is 63.1 Å². The van der Waals surface area contributed by atoms with E-state index in [2.05, 4.69) is 117 Å². The molecule has 374 valence electrons. The second-order valence-corrected chi connectivity index (χ2v) is 16.9. The summed E-state index contributed by atoms with van der Waals surface area (Å²) in [6.07, 6.45) is 47.8. The Balaban J connectivity index is 2.57. The van der Waals surface area contributed by atoms with Gasteiger partial charge in [-0.15, -0.1) is 0 Å². The zero-order valence-corrected chi connectivity index (χ0v) is 40.5. The molecule has 6 N–H and O–H groups in total. The van der Waals surface area contributed by atoms with Crippen LogP contribution >= 0.6 is 7.82 Å². The molecular formula is C53H79O13P. The number of esters is 2. The van der Waals surface area contributed by atoms with Crippen LogP contribution in [0.15, 0.2) is 146 Å². The third-order valence-electron chi connectivity index (χ3n) is 9.70. The van der Waals surface area contributed by atoms with Crippen LogP contribution in [0.25, 0.3) is 0 Å². The Morgan fingerprint density at radius 3 is 1.09 bits per heavy atom. The average Bonchev–Trinajstić information content (AvgIpc) is 3.31. The molecule has 0 aromatic heterocycles. The van der Waals surface area contributed by atoms with Gasteiger partial charge in [0, 0.05) is 12.8 Å². The van der Waals surface area contributed by atoms with Crippen molar-refractivity contribution in [3.63, 3.8) is 0 Å². The smallest absolute Gasteiger partial charge is 0.462 e. The van der Waals surface area contributed by atoms with Crippen LogP contribution in [-0.4, -0.2) is 98.3 Å². The first-order chi connectivity index (χ1) is 32.4. The second-order valence-electron chi connectivity index (χ2n) is 15.5. The number of ether oxygens (including phenoxy) is 2. The lowest BCUT2D eigenvalue weighted by atomic mass is 9.85. The zero-order valence-electron chi connectivity index (χ0n) is 39.6. The standard InChI is InChI=1S/C53H79O13P/c1-3-5-7-9-11-13-15-17-19-21-23-25-27-29-31-33-35-37-39-41-46(54)63-43-45(44-64-67(61,62)66-53-51(59)49(57)48(56)50(58)52(53)60)65-47(55)42-40-38-36-34-32-30-28-26-24-22-20-18-16-14-12-10-8-6-4-2/h5-8,11-14,17-20,23-26,29-32,35-38,45,48-53,56-60H,3-4,9-10,15-16,21-22,27-28,33-34,39-44H2,1-2H3,(H,61,62)/b7-5+,8-6+,13-11+,14-12+,19-17+,20-18+,25-23+,26-24+,31-29+,32-30+,37-35+,38-36+/t45-,48?,49-,50?,51?,52?,53?/m0/s1. The van der Waals surface area contributed by atoms with Crippen LogP contribution in [0.1, 0.15) is 117 Å². The largest absolute Gasteiger partial charge is 0.472 e. The molecule has 1 rings (SSSR count). The fourth-order valence-corrected chi connectivity index (χ4v) is 6.96. The molecule has 67 heavy (non-hydrogen) atoms. The normalized spacial score (nSPS) is 22.4. The molecule has 0 heterocycles. The molecule has 0 aromatic rings. The summed E-state index contributed by atoms with van der Waals surface area (Å²) in [6.45, 7) is 2.92. The Kier molecular flexibility index (Phi) is 37.0. The van der Waals surface area contributed by atoms with Gasteiger partial charge in [0.1, 0.15) is 43.2 Å². The molecule has 1 aliphatic carbocycles. The molecule has 0 aliphatic heterocycles. The molecule has 0 bridgehead atoms. The van der Waals surface area contributed by atoms with Gasteiger partial charge in [-0.25, -0.2) is 4.57 Å². The number of phosphoric acid groups is 1. The number of carbonyl (C=O) groups excluding carboxylic acids is 2. The van der Waals surface area contributed by atoms with E-state index in [9.17, 15) is 44.6 Å². The van der Waals surface area contributed by atoms with Crippen LogP contribution in [0.2, 0.25) is 0 Å². The SMILES string of the molecule is CC/C=C/C/C=C/C/C=C/C/C=C/C/C=C/C/C=C/CCC(=O)OC[C@@H](COP(=O)(O)OC1C(O)C(O)C(O)[C@H](O)C1O)OC(=O)CC/C=C/C/C=C/C/C=C/C/C=C/C/C=C/C/C=C/CC. The summed E-state index contributed by atoms with van der Waals surface area (Å²) in [5.41, 5.74) is 0. The Morgan fingerprint density at radius 2 is 0.746 bits per heavy atom. The van der Waals surface area contributed by atoms with Crippen LogP contribution in [0.5, 0.6) is 0 Å². The molecule has 1 saturated carbocycles. The first-order valence-corrected chi connectivity index (χ1v) is 25.1. The van der Waals surface area contributed by atoms with Gasteiger partial charge in [0.05, 0.1) is 6.61 Å². The average molecular weight is 955 g/mol. The third-order valence-corrected chi connectivity index (χ3v) is 10.7. The van der Waals surface area contributed by atoms with Crippen LogP contribution in [0.3, 0.4) is 0 Å². The highest BCUT2D eigenvalue weighted by molar-refractivity contribution is 7.47. The van der Waals surface area contributed by atoms with E-state index in [-0.39, 0.29) is 12.8 Å². The van der Waals surface area contributed by atoms with Crippen molar-refractivity contribution in [2.75, 3.05) is 13.2 Å². The highest BCUT2D eigenvalue weighted by atomic mass is 31.2. The lowest BCUT2D eigenvalue weighted by Crippen LogP contribution is -2.64. The van der Waals surface area contributed by atoms with Crippen LogP contribution < -0.4 is 0 Å². The molecule has 13 nitrogen and oxygen atoms in total. The number of rotatable bonds is 36. The summed E-state index contributed by atoms with van der Waals surface area (Å²) in [7, 11) is -5.17. The summed E-state index contributed by atoms with van der Waals surface area (Å²) in [5, 5.41) is 50.2. The van der Waals surface area contributed by atoms with Crippen molar-refractivity contribution in [3.05, 3.63) is 146 Å². The van der Waals surface area contributed by atoms with Crippen molar-refractivity contribution in [1.82, 2.24) is 0 Å². The van der Waals surface area contributed by atoms with Gasteiger partial charge in [-0.05, 0) is 89.9 Å². The molecule has 8 atom stereocenters. The molecule has 1 fully saturated rings. The van der Waals surface area contributed by atoms with Gasteiger partial charge in [-0.2, -0.15) is 0 Å². The Morgan fingerprint density at radius 1 is 0.448 bits per heavy atom. The highest BCUT2D eigenvalue weighted by Gasteiger charge is 2.51. The predicted molar refractivity (Wildman–Crippen MR) is 266 cm³/mol. The maximum absolute atomic E-state index is 12.8. The quantitative estimate of drug-likeness (QED) is 0.0197. The van der Waals surface area contributed by atoms with Crippen molar-refractivity contribution in [2.24, 2.45) is 0 Å². The number of hydrogen-bond acceptors (Lipinski definition) is 12. The van der Waals surface area contributed by atoms with E-state index in [1.165, 1.54) is 0 Å². The number of aliphatic hydroxyl groups excluding tert-OH is 5. The van der Waals surface area contributed by atoms with Gasteiger partial charge in [-0.1, -0.05) is 160 Å². The van der Waals surface area contributed by atoms with Gasteiger partial charge in [-0.3, -0.25) is 18.6 Å². The van der Waals surface area contributed by atoms with Crippen LogP contribution in [0, 0.1) is 0 Å². The summed E-state index contributed by atoms with van der Waals surface area (Å²) < 4.78 is 33.4. The van der Waals surface area contributed by atoms with Gasteiger partial charge in [0.25, 0.3) is 0 Å². The highest BCUT2D eigenvalue weighted by Crippen LogP contribution is 2.47.